The number of benzene rings is 2. The SMILES string of the molecule is CN1[C@H]2CC[C@@H]1[C@@H](C(=O)NCC1(c3cccc([N+](=O)[O-])c3)OCCO1)[C@@H](c1ccc(Cl)cc1)C2. The Labute approximate surface area is 203 Å². The number of amides is 1. The highest BCUT2D eigenvalue weighted by Crippen LogP contribution is 2.46. The van der Waals surface area contributed by atoms with Crippen molar-refractivity contribution >= 4 is 23.2 Å². The Morgan fingerprint density at radius 1 is 1.21 bits per heavy atom. The minimum absolute atomic E-state index is 0.0454. The number of rotatable bonds is 6. The monoisotopic (exact) mass is 485 g/mol. The number of nitro groups is 1. The number of hydrogen-bond donors (Lipinski definition) is 1. The van der Waals surface area contributed by atoms with E-state index < -0.39 is 10.7 Å². The molecule has 5 rings (SSSR count). The summed E-state index contributed by atoms with van der Waals surface area (Å²) in [5, 5.41) is 15.0. The van der Waals surface area contributed by atoms with Crippen LogP contribution in [0, 0.1) is 16.0 Å². The molecule has 3 fully saturated rings. The van der Waals surface area contributed by atoms with Crippen LogP contribution in [0.3, 0.4) is 0 Å². The second-order valence-electron chi connectivity index (χ2n) is 9.36. The Morgan fingerprint density at radius 3 is 2.65 bits per heavy atom. The van der Waals surface area contributed by atoms with E-state index in [1.54, 1.807) is 12.1 Å². The third-order valence-electron chi connectivity index (χ3n) is 7.62. The van der Waals surface area contributed by atoms with Crippen LogP contribution in [0.2, 0.25) is 5.02 Å². The summed E-state index contributed by atoms with van der Waals surface area (Å²) in [7, 11) is 2.11. The van der Waals surface area contributed by atoms with Crippen LogP contribution in [0.15, 0.2) is 48.5 Å². The van der Waals surface area contributed by atoms with Gasteiger partial charge in [-0.2, -0.15) is 0 Å². The quantitative estimate of drug-likeness (QED) is 0.493. The fraction of sp³-hybridized carbons (Fsp3) is 0.480. The minimum Gasteiger partial charge on any atom is -0.350 e. The number of nitrogens with one attached hydrogen (secondary N) is 1. The summed E-state index contributed by atoms with van der Waals surface area (Å²) in [4.78, 5) is 26.9. The molecular formula is C25H28ClN3O5. The maximum atomic E-state index is 13.7. The van der Waals surface area contributed by atoms with Crippen LogP contribution in [-0.4, -0.2) is 54.6 Å². The van der Waals surface area contributed by atoms with Crippen molar-refractivity contribution in [2.75, 3.05) is 26.8 Å². The summed E-state index contributed by atoms with van der Waals surface area (Å²) >= 11 is 6.11. The molecule has 180 valence electrons. The van der Waals surface area contributed by atoms with E-state index in [2.05, 4.69) is 17.3 Å². The summed E-state index contributed by atoms with van der Waals surface area (Å²) in [5.41, 5.74) is 1.60. The Bertz CT molecular complexity index is 1070. The first-order valence-corrected chi connectivity index (χ1v) is 12.0. The van der Waals surface area contributed by atoms with E-state index in [9.17, 15) is 14.9 Å². The molecule has 0 unspecified atom stereocenters. The molecule has 0 spiro atoms. The number of nitrogens with zero attached hydrogens (tertiary/aromatic N) is 2. The second kappa shape index (κ2) is 9.26. The highest BCUT2D eigenvalue weighted by atomic mass is 35.5. The number of ether oxygens (including phenoxy) is 2. The molecule has 34 heavy (non-hydrogen) atoms. The average Bonchev–Trinajstić information content (AvgIpc) is 3.40. The van der Waals surface area contributed by atoms with Gasteiger partial charge in [-0.05, 0) is 49.9 Å². The van der Waals surface area contributed by atoms with Gasteiger partial charge < -0.3 is 14.8 Å². The first kappa shape index (κ1) is 23.2. The van der Waals surface area contributed by atoms with Gasteiger partial charge in [-0.1, -0.05) is 35.9 Å². The third-order valence-corrected chi connectivity index (χ3v) is 7.87. The Hall–Kier alpha value is -2.52. The van der Waals surface area contributed by atoms with Crippen LogP contribution in [0.5, 0.6) is 0 Å². The van der Waals surface area contributed by atoms with E-state index >= 15 is 0 Å². The molecular weight excluding hydrogens is 458 g/mol. The predicted molar refractivity (Wildman–Crippen MR) is 127 cm³/mol. The highest BCUT2D eigenvalue weighted by Gasteiger charge is 2.49. The third kappa shape index (κ3) is 4.20. The highest BCUT2D eigenvalue weighted by molar-refractivity contribution is 6.30. The van der Waals surface area contributed by atoms with Gasteiger partial charge in [0.15, 0.2) is 0 Å². The summed E-state index contributed by atoms with van der Waals surface area (Å²) in [6, 6.07) is 14.6. The van der Waals surface area contributed by atoms with E-state index in [-0.39, 0.29) is 36.0 Å². The van der Waals surface area contributed by atoms with Crippen molar-refractivity contribution in [3.8, 4) is 0 Å². The van der Waals surface area contributed by atoms with E-state index in [4.69, 9.17) is 21.1 Å². The molecule has 2 bridgehead atoms. The fourth-order valence-electron chi connectivity index (χ4n) is 5.88. The van der Waals surface area contributed by atoms with Gasteiger partial charge in [0.25, 0.3) is 5.69 Å². The number of nitro benzene ring substituents is 1. The molecule has 1 N–H and O–H groups in total. The lowest BCUT2D eigenvalue weighted by Gasteiger charge is -2.42. The van der Waals surface area contributed by atoms with Crippen LogP contribution in [0.25, 0.3) is 0 Å². The lowest BCUT2D eigenvalue weighted by atomic mass is 9.75. The molecule has 2 aromatic carbocycles. The van der Waals surface area contributed by atoms with Crippen molar-refractivity contribution in [1.82, 2.24) is 10.2 Å². The van der Waals surface area contributed by atoms with Gasteiger partial charge in [0.2, 0.25) is 11.7 Å². The maximum absolute atomic E-state index is 13.7. The van der Waals surface area contributed by atoms with Crippen LogP contribution < -0.4 is 5.32 Å². The first-order valence-electron chi connectivity index (χ1n) is 11.7. The van der Waals surface area contributed by atoms with Gasteiger partial charge in [-0.15, -0.1) is 0 Å². The van der Waals surface area contributed by atoms with Gasteiger partial charge in [-0.3, -0.25) is 19.8 Å². The molecule has 0 aromatic heterocycles. The molecule has 0 saturated carbocycles. The van der Waals surface area contributed by atoms with Gasteiger partial charge in [-0.25, -0.2) is 0 Å². The Kier molecular flexibility index (Phi) is 6.33. The number of non-ortho nitro benzene ring substituents is 1. The summed E-state index contributed by atoms with van der Waals surface area (Å²) in [5.74, 6) is -1.43. The van der Waals surface area contributed by atoms with Gasteiger partial charge in [0.1, 0.15) is 0 Å². The van der Waals surface area contributed by atoms with E-state index in [0.717, 1.165) is 24.8 Å². The van der Waals surface area contributed by atoms with Crippen molar-refractivity contribution in [2.24, 2.45) is 5.92 Å². The van der Waals surface area contributed by atoms with Crippen molar-refractivity contribution in [2.45, 2.75) is 43.1 Å². The molecule has 0 radical (unpaired) electrons. The van der Waals surface area contributed by atoms with Crippen LogP contribution in [0.1, 0.15) is 36.3 Å². The summed E-state index contributed by atoms with van der Waals surface area (Å²) in [6.45, 7) is 0.779. The number of fused-ring (bicyclic) bond motifs is 2. The standard InChI is InChI=1S/C25H28ClN3O5/c1-28-19-9-10-22(28)23(21(14-19)16-5-7-18(26)8-6-16)24(30)27-15-25(33-11-12-34-25)17-3-2-4-20(13-17)29(31)32/h2-8,13,19,21-23H,9-12,14-15H2,1H3,(H,27,30)/t19-,21+,22+,23-/m0/s1. The lowest BCUT2D eigenvalue weighted by Crippen LogP contribution is -2.53. The number of piperidine rings is 1. The molecule has 3 saturated heterocycles. The topological polar surface area (TPSA) is 93.9 Å². The summed E-state index contributed by atoms with van der Waals surface area (Å²) < 4.78 is 11.8. The molecule has 0 aliphatic carbocycles. The van der Waals surface area contributed by atoms with Crippen molar-refractivity contribution in [3.63, 3.8) is 0 Å². The zero-order chi connectivity index (χ0) is 23.9. The number of carbonyl (C=O) groups is 1. The smallest absolute Gasteiger partial charge is 0.269 e. The summed E-state index contributed by atoms with van der Waals surface area (Å²) in [6.07, 6.45) is 2.97. The van der Waals surface area contributed by atoms with E-state index in [1.807, 2.05) is 24.3 Å². The number of carbonyl (C=O) groups excluding carboxylic acids is 1. The Balaban J connectivity index is 1.39. The number of hydrogen-bond acceptors (Lipinski definition) is 6. The zero-order valence-electron chi connectivity index (χ0n) is 19.0. The second-order valence-corrected chi connectivity index (χ2v) is 9.80. The molecule has 2 aromatic rings. The minimum atomic E-state index is -1.24. The van der Waals surface area contributed by atoms with Crippen LogP contribution in [0.4, 0.5) is 5.69 Å². The molecule has 3 aliphatic heterocycles. The zero-order valence-corrected chi connectivity index (χ0v) is 19.7. The predicted octanol–water partition coefficient (Wildman–Crippen LogP) is 3.83. The fourth-order valence-corrected chi connectivity index (χ4v) is 6.01. The van der Waals surface area contributed by atoms with Gasteiger partial charge >= 0.3 is 0 Å². The normalized spacial score (nSPS) is 28.1. The number of halogens is 1. The molecule has 9 heteroatoms. The first-order chi connectivity index (χ1) is 16.4. The largest absolute Gasteiger partial charge is 0.350 e. The molecule has 3 heterocycles. The lowest BCUT2D eigenvalue weighted by molar-refractivity contribution is -0.385. The van der Waals surface area contributed by atoms with Gasteiger partial charge in [0.05, 0.1) is 30.6 Å². The molecule has 8 nitrogen and oxygen atoms in total. The van der Waals surface area contributed by atoms with Crippen LogP contribution >= 0.6 is 11.6 Å². The van der Waals surface area contributed by atoms with Crippen molar-refractivity contribution in [1.29, 1.82) is 0 Å². The molecule has 1 amide bonds. The van der Waals surface area contributed by atoms with Gasteiger partial charge in [0, 0.05) is 34.8 Å². The van der Waals surface area contributed by atoms with E-state index in [0.29, 0.717) is 29.8 Å². The van der Waals surface area contributed by atoms with Crippen molar-refractivity contribution in [3.05, 3.63) is 74.8 Å². The molecule has 4 atom stereocenters. The Morgan fingerprint density at radius 2 is 1.94 bits per heavy atom. The maximum Gasteiger partial charge on any atom is 0.269 e. The van der Waals surface area contributed by atoms with E-state index in [1.165, 1.54) is 12.1 Å². The van der Waals surface area contributed by atoms with Crippen LogP contribution in [-0.2, 0) is 20.1 Å². The molecule has 3 aliphatic rings. The average molecular weight is 486 g/mol. The van der Waals surface area contributed by atoms with Crippen molar-refractivity contribution < 1.29 is 19.2 Å².